The van der Waals surface area contributed by atoms with Crippen molar-refractivity contribution in [1.29, 1.82) is 0 Å². The van der Waals surface area contributed by atoms with Gasteiger partial charge in [-0.2, -0.15) is 0 Å². The summed E-state index contributed by atoms with van der Waals surface area (Å²) in [5.74, 6) is 0.357. The van der Waals surface area contributed by atoms with Gasteiger partial charge < -0.3 is 19.7 Å². The zero-order valence-electron chi connectivity index (χ0n) is 15.5. The van der Waals surface area contributed by atoms with E-state index in [0.29, 0.717) is 31.1 Å². The van der Waals surface area contributed by atoms with Crippen molar-refractivity contribution in [2.24, 2.45) is 5.92 Å². The highest BCUT2D eigenvalue weighted by atomic mass is 32.1. The summed E-state index contributed by atoms with van der Waals surface area (Å²) in [5, 5.41) is 4.81. The molecule has 144 valence electrons. The average molecular weight is 388 g/mol. The molecule has 2 aromatic rings. The van der Waals surface area contributed by atoms with Crippen molar-refractivity contribution in [2.75, 3.05) is 40.5 Å². The third kappa shape index (κ3) is 4.48. The Balaban J connectivity index is 1.79. The number of likely N-dealkylation sites (tertiary alicyclic amines) is 1. The molecule has 3 rings (SSSR count). The monoisotopic (exact) mass is 388 g/mol. The maximum atomic E-state index is 12.8. The van der Waals surface area contributed by atoms with Gasteiger partial charge in [0.1, 0.15) is 5.75 Å². The van der Waals surface area contributed by atoms with E-state index in [-0.39, 0.29) is 23.7 Å². The number of methoxy groups -OCH3 is 2. The fourth-order valence-corrected chi connectivity index (χ4v) is 4.08. The van der Waals surface area contributed by atoms with Crippen LogP contribution >= 0.6 is 11.3 Å². The quantitative estimate of drug-likeness (QED) is 0.740. The van der Waals surface area contributed by atoms with E-state index in [1.807, 2.05) is 41.8 Å². The second-order valence-corrected chi connectivity index (χ2v) is 7.41. The fourth-order valence-electron chi connectivity index (χ4n) is 3.39. The number of hydrogen-bond acceptors (Lipinski definition) is 5. The summed E-state index contributed by atoms with van der Waals surface area (Å²) in [5.41, 5.74) is 1.03. The Hall–Kier alpha value is -2.38. The van der Waals surface area contributed by atoms with Gasteiger partial charge in [0.15, 0.2) is 0 Å². The van der Waals surface area contributed by atoms with Crippen LogP contribution in [0.5, 0.6) is 5.75 Å². The molecule has 1 aliphatic heterocycles. The van der Waals surface area contributed by atoms with E-state index in [4.69, 9.17) is 9.47 Å². The maximum Gasteiger partial charge on any atom is 0.263 e. The van der Waals surface area contributed by atoms with Gasteiger partial charge in [0.05, 0.1) is 24.5 Å². The molecule has 27 heavy (non-hydrogen) atoms. The number of benzene rings is 1. The van der Waals surface area contributed by atoms with Gasteiger partial charge in [0.25, 0.3) is 5.91 Å². The number of nitrogens with zero attached hydrogens (tertiary/aromatic N) is 1. The zero-order chi connectivity index (χ0) is 19.2. The number of thiophene rings is 1. The molecule has 2 amide bonds. The smallest absolute Gasteiger partial charge is 0.263 e. The molecule has 1 aromatic heterocycles. The minimum absolute atomic E-state index is 0.0179. The lowest BCUT2D eigenvalue weighted by atomic mass is 9.88. The Morgan fingerprint density at radius 1 is 1.19 bits per heavy atom. The second kappa shape index (κ2) is 9.01. The minimum Gasteiger partial charge on any atom is -0.497 e. The Kier molecular flexibility index (Phi) is 6.47. The first kappa shape index (κ1) is 19.4. The average Bonchev–Trinajstić information content (AvgIpc) is 3.38. The van der Waals surface area contributed by atoms with Crippen molar-refractivity contribution in [3.63, 3.8) is 0 Å². The molecule has 7 heteroatoms. The summed E-state index contributed by atoms with van der Waals surface area (Å²) < 4.78 is 10.2. The van der Waals surface area contributed by atoms with E-state index in [9.17, 15) is 9.59 Å². The molecule has 1 saturated heterocycles. The molecule has 2 heterocycles. The van der Waals surface area contributed by atoms with Crippen LogP contribution in [0.2, 0.25) is 0 Å². The molecule has 1 aromatic carbocycles. The number of rotatable bonds is 7. The van der Waals surface area contributed by atoms with Crippen LogP contribution in [0.3, 0.4) is 0 Å². The second-order valence-electron chi connectivity index (χ2n) is 6.46. The molecule has 2 atom stereocenters. The maximum absolute atomic E-state index is 12.8. The molecule has 2 unspecified atom stereocenters. The number of carbonyl (C=O) groups is 2. The molecule has 1 aliphatic rings. The predicted octanol–water partition coefficient (Wildman–Crippen LogP) is 2.38. The zero-order valence-corrected chi connectivity index (χ0v) is 16.3. The normalized spacial score (nSPS) is 19.1. The van der Waals surface area contributed by atoms with Crippen LogP contribution < -0.4 is 10.1 Å². The number of carbonyl (C=O) groups excluding carboxylic acids is 2. The topological polar surface area (TPSA) is 67.9 Å². The lowest BCUT2D eigenvalue weighted by molar-refractivity contribution is -0.125. The number of hydrogen-bond donors (Lipinski definition) is 1. The van der Waals surface area contributed by atoms with Gasteiger partial charge in [0, 0.05) is 32.7 Å². The van der Waals surface area contributed by atoms with Gasteiger partial charge in [0.2, 0.25) is 5.91 Å². The molecule has 0 aliphatic carbocycles. The van der Waals surface area contributed by atoms with Gasteiger partial charge in [-0.25, -0.2) is 0 Å². The summed E-state index contributed by atoms with van der Waals surface area (Å²) in [6.45, 7) is 1.85. The van der Waals surface area contributed by atoms with Crippen LogP contribution in [0.15, 0.2) is 41.8 Å². The van der Waals surface area contributed by atoms with Gasteiger partial charge in [-0.1, -0.05) is 18.2 Å². The van der Waals surface area contributed by atoms with E-state index in [2.05, 4.69) is 5.32 Å². The molecule has 1 fully saturated rings. The highest BCUT2D eigenvalue weighted by molar-refractivity contribution is 7.12. The molecule has 0 saturated carbocycles. The summed E-state index contributed by atoms with van der Waals surface area (Å²) >= 11 is 1.42. The van der Waals surface area contributed by atoms with Gasteiger partial charge in [-0.3, -0.25) is 9.59 Å². The first-order valence-corrected chi connectivity index (χ1v) is 9.75. The standard InChI is InChI=1S/C20H24N2O4S/c1-25-10-9-21-19(23)17-13-22(20(24)18-4-3-11-27-18)12-16(17)14-5-7-15(26-2)8-6-14/h3-8,11,16-17H,9-10,12-13H2,1-2H3,(H,21,23). The molecule has 0 radical (unpaired) electrons. The van der Waals surface area contributed by atoms with Crippen molar-refractivity contribution in [3.8, 4) is 5.75 Å². The van der Waals surface area contributed by atoms with E-state index >= 15 is 0 Å². The van der Waals surface area contributed by atoms with Crippen LogP contribution in [0.4, 0.5) is 0 Å². The SMILES string of the molecule is COCCNC(=O)C1CN(C(=O)c2cccs2)CC1c1ccc(OC)cc1. The van der Waals surface area contributed by atoms with Gasteiger partial charge in [-0.15, -0.1) is 11.3 Å². The summed E-state index contributed by atoms with van der Waals surface area (Å²) in [6, 6.07) is 11.4. The molecular formula is C20H24N2O4S. The lowest BCUT2D eigenvalue weighted by Gasteiger charge is -2.18. The summed E-state index contributed by atoms with van der Waals surface area (Å²) in [7, 11) is 3.22. The number of amides is 2. The van der Waals surface area contributed by atoms with Crippen molar-refractivity contribution in [2.45, 2.75) is 5.92 Å². The van der Waals surface area contributed by atoms with Crippen LogP contribution in [0, 0.1) is 5.92 Å². The van der Waals surface area contributed by atoms with Crippen molar-refractivity contribution in [3.05, 3.63) is 52.2 Å². The van der Waals surface area contributed by atoms with Gasteiger partial charge in [-0.05, 0) is 29.1 Å². The first-order valence-electron chi connectivity index (χ1n) is 8.87. The number of nitrogens with one attached hydrogen (secondary N) is 1. The summed E-state index contributed by atoms with van der Waals surface area (Å²) in [4.78, 5) is 28.0. The summed E-state index contributed by atoms with van der Waals surface area (Å²) in [6.07, 6.45) is 0. The Bertz CT molecular complexity index is 761. The van der Waals surface area contributed by atoms with E-state index in [0.717, 1.165) is 11.3 Å². The molecule has 0 spiro atoms. The minimum atomic E-state index is -0.292. The Morgan fingerprint density at radius 3 is 2.59 bits per heavy atom. The van der Waals surface area contributed by atoms with E-state index in [1.54, 1.807) is 19.1 Å². The molecular weight excluding hydrogens is 364 g/mol. The first-order chi connectivity index (χ1) is 13.1. The Labute approximate surface area is 163 Å². The van der Waals surface area contributed by atoms with Crippen LogP contribution in [0.25, 0.3) is 0 Å². The van der Waals surface area contributed by atoms with Crippen molar-refractivity contribution >= 4 is 23.2 Å². The van der Waals surface area contributed by atoms with Gasteiger partial charge >= 0.3 is 0 Å². The molecule has 6 nitrogen and oxygen atoms in total. The Morgan fingerprint density at radius 2 is 1.96 bits per heavy atom. The van der Waals surface area contributed by atoms with Crippen molar-refractivity contribution < 1.29 is 19.1 Å². The van der Waals surface area contributed by atoms with E-state index in [1.165, 1.54) is 11.3 Å². The van der Waals surface area contributed by atoms with Crippen LogP contribution in [-0.4, -0.2) is 57.2 Å². The van der Waals surface area contributed by atoms with Crippen LogP contribution in [0.1, 0.15) is 21.2 Å². The molecule has 0 bridgehead atoms. The lowest BCUT2D eigenvalue weighted by Crippen LogP contribution is -2.37. The van der Waals surface area contributed by atoms with E-state index < -0.39 is 0 Å². The third-order valence-corrected chi connectivity index (χ3v) is 5.68. The largest absolute Gasteiger partial charge is 0.497 e. The molecule has 1 N–H and O–H groups in total. The fraction of sp³-hybridized carbons (Fsp3) is 0.400. The highest BCUT2D eigenvalue weighted by Gasteiger charge is 2.40. The third-order valence-electron chi connectivity index (χ3n) is 4.83. The predicted molar refractivity (Wildman–Crippen MR) is 104 cm³/mol. The van der Waals surface area contributed by atoms with Crippen LogP contribution in [-0.2, 0) is 9.53 Å². The highest BCUT2D eigenvalue weighted by Crippen LogP contribution is 2.34. The number of ether oxygens (including phenoxy) is 2. The van der Waals surface area contributed by atoms with Crippen molar-refractivity contribution in [1.82, 2.24) is 10.2 Å².